The van der Waals surface area contributed by atoms with Crippen molar-refractivity contribution >= 4 is 27.2 Å². The predicted molar refractivity (Wildman–Crippen MR) is 100 cm³/mol. The van der Waals surface area contributed by atoms with E-state index in [4.69, 9.17) is 10.2 Å². The van der Waals surface area contributed by atoms with Crippen LogP contribution in [0.5, 0.6) is 0 Å². The largest absolute Gasteiger partial charge is 0.317 e. The maximum absolute atomic E-state index is 4.83. The minimum atomic E-state index is 0.523. The number of hydrogen-bond donors (Lipinski definition) is 1. The molecule has 128 valence electrons. The first kappa shape index (κ1) is 15.0. The molecule has 6 nitrogen and oxygen atoms in total. The summed E-state index contributed by atoms with van der Waals surface area (Å²) >= 11 is 1.72. The summed E-state index contributed by atoms with van der Waals surface area (Å²) in [6, 6.07) is 4.85. The third kappa shape index (κ3) is 2.54. The van der Waals surface area contributed by atoms with Crippen molar-refractivity contribution in [3.05, 3.63) is 35.8 Å². The summed E-state index contributed by atoms with van der Waals surface area (Å²) < 4.78 is 4.04. The van der Waals surface area contributed by atoms with Crippen LogP contribution in [0.2, 0.25) is 0 Å². The minimum Gasteiger partial charge on any atom is -0.317 e. The SMILES string of the molecule is Cc1cn2nc(-c3cc4cn(C5CCNCC5)nc4s3)cc(C)c2n1. The smallest absolute Gasteiger partial charge is 0.156 e. The zero-order valence-corrected chi connectivity index (χ0v) is 15.2. The van der Waals surface area contributed by atoms with Crippen LogP contribution in [0.1, 0.15) is 30.1 Å². The van der Waals surface area contributed by atoms with Gasteiger partial charge in [0.05, 0.1) is 22.8 Å². The van der Waals surface area contributed by atoms with Gasteiger partial charge < -0.3 is 5.32 Å². The zero-order chi connectivity index (χ0) is 17.0. The van der Waals surface area contributed by atoms with Gasteiger partial charge in [0.15, 0.2) is 5.65 Å². The van der Waals surface area contributed by atoms with Crippen molar-refractivity contribution in [1.82, 2.24) is 29.7 Å². The highest BCUT2D eigenvalue weighted by Crippen LogP contribution is 2.33. The second-order valence-corrected chi connectivity index (χ2v) is 7.86. The van der Waals surface area contributed by atoms with E-state index in [0.29, 0.717) is 6.04 Å². The number of imidazole rings is 1. The summed E-state index contributed by atoms with van der Waals surface area (Å²) in [7, 11) is 0. The Bertz CT molecular complexity index is 1030. The molecule has 1 aliphatic rings. The molecule has 1 N–H and O–H groups in total. The minimum absolute atomic E-state index is 0.523. The molecule has 0 radical (unpaired) electrons. The number of thiophene rings is 1. The lowest BCUT2D eigenvalue weighted by Gasteiger charge is -2.22. The molecular weight excluding hydrogens is 332 g/mol. The van der Waals surface area contributed by atoms with E-state index in [1.54, 1.807) is 11.3 Å². The summed E-state index contributed by atoms with van der Waals surface area (Å²) in [5.74, 6) is 0. The number of aromatic nitrogens is 5. The van der Waals surface area contributed by atoms with Crippen LogP contribution in [0.25, 0.3) is 26.4 Å². The Balaban J connectivity index is 1.53. The Hall–Kier alpha value is -2.25. The quantitative estimate of drug-likeness (QED) is 0.601. The number of nitrogens with zero attached hydrogens (tertiary/aromatic N) is 5. The Labute approximate surface area is 149 Å². The molecule has 1 saturated heterocycles. The lowest BCUT2D eigenvalue weighted by molar-refractivity contribution is 0.345. The van der Waals surface area contributed by atoms with Gasteiger partial charge in [-0.15, -0.1) is 11.3 Å². The monoisotopic (exact) mass is 352 g/mol. The van der Waals surface area contributed by atoms with Crippen LogP contribution in [-0.2, 0) is 0 Å². The fraction of sp³-hybridized carbons (Fsp3) is 0.389. The Morgan fingerprint density at radius 1 is 1.12 bits per heavy atom. The van der Waals surface area contributed by atoms with Gasteiger partial charge in [0, 0.05) is 11.6 Å². The van der Waals surface area contributed by atoms with E-state index in [-0.39, 0.29) is 0 Å². The van der Waals surface area contributed by atoms with Crippen LogP contribution in [0.4, 0.5) is 0 Å². The van der Waals surface area contributed by atoms with Crippen LogP contribution in [-0.4, -0.2) is 37.5 Å². The first-order chi connectivity index (χ1) is 12.2. The van der Waals surface area contributed by atoms with Crippen molar-refractivity contribution in [1.29, 1.82) is 0 Å². The topological polar surface area (TPSA) is 60.0 Å². The molecule has 0 aromatic carbocycles. The highest BCUT2D eigenvalue weighted by atomic mass is 32.1. The van der Waals surface area contributed by atoms with Crippen molar-refractivity contribution in [2.45, 2.75) is 32.7 Å². The second kappa shape index (κ2) is 5.64. The summed E-state index contributed by atoms with van der Waals surface area (Å²) in [6.07, 6.45) is 6.47. The molecule has 4 aromatic heterocycles. The molecule has 5 heterocycles. The van der Waals surface area contributed by atoms with Gasteiger partial charge in [0.1, 0.15) is 10.5 Å². The first-order valence-electron chi connectivity index (χ1n) is 8.71. The molecule has 25 heavy (non-hydrogen) atoms. The van der Waals surface area contributed by atoms with Gasteiger partial charge in [0.25, 0.3) is 0 Å². The van der Waals surface area contributed by atoms with Gasteiger partial charge in [-0.2, -0.15) is 10.2 Å². The molecule has 0 saturated carbocycles. The van der Waals surface area contributed by atoms with Crippen LogP contribution < -0.4 is 5.32 Å². The number of fused-ring (bicyclic) bond motifs is 2. The van der Waals surface area contributed by atoms with Crippen LogP contribution in [0.15, 0.2) is 24.5 Å². The number of nitrogens with one attached hydrogen (secondary N) is 1. The van der Waals surface area contributed by atoms with Crippen LogP contribution >= 0.6 is 11.3 Å². The average molecular weight is 352 g/mol. The van der Waals surface area contributed by atoms with E-state index in [1.165, 1.54) is 5.39 Å². The molecule has 4 aromatic rings. The average Bonchev–Trinajstić information content (AvgIpc) is 3.27. The lowest BCUT2D eigenvalue weighted by atomic mass is 10.1. The highest BCUT2D eigenvalue weighted by molar-refractivity contribution is 7.21. The van der Waals surface area contributed by atoms with Gasteiger partial charge in [-0.3, -0.25) is 4.68 Å². The fourth-order valence-corrected chi connectivity index (χ4v) is 4.56. The molecule has 0 unspecified atom stereocenters. The molecule has 0 amide bonds. The molecule has 0 spiro atoms. The van der Waals surface area contributed by atoms with Gasteiger partial charge >= 0.3 is 0 Å². The standard InChI is InChI=1S/C18H20N6S/c1-11-7-15(21-24-9-12(2)20-17(11)24)16-8-13-10-23(22-18(13)25-16)14-3-5-19-6-4-14/h7-10,14,19H,3-6H2,1-2H3. The predicted octanol–water partition coefficient (Wildman–Crippen LogP) is 3.35. The third-order valence-electron chi connectivity index (χ3n) is 4.88. The van der Waals surface area contributed by atoms with E-state index >= 15 is 0 Å². The molecular formula is C18H20N6S. The van der Waals surface area contributed by atoms with Crippen molar-refractivity contribution in [3.63, 3.8) is 0 Å². The lowest BCUT2D eigenvalue weighted by Crippen LogP contribution is -2.29. The number of hydrogen-bond acceptors (Lipinski definition) is 5. The van der Waals surface area contributed by atoms with Crippen molar-refractivity contribution in [3.8, 4) is 10.6 Å². The summed E-state index contributed by atoms with van der Waals surface area (Å²) in [5, 5.41) is 14.2. The molecule has 0 atom stereocenters. The maximum Gasteiger partial charge on any atom is 0.156 e. The Kier molecular flexibility index (Phi) is 3.39. The second-order valence-electron chi connectivity index (χ2n) is 6.82. The Morgan fingerprint density at radius 2 is 1.96 bits per heavy atom. The first-order valence-corrected chi connectivity index (χ1v) is 9.52. The van der Waals surface area contributed by atoms with E-state index in [9.17, 15) is 0 Å². The van der Waals surface area contributed by atoms with Crippen molar-refractivity contribution in [2.24, 2.45) is 0 Å². The molecule has 1 aliphatic heterocycles. The van der Waals surface area contributed by atoms with Crippen molar-refractivity contribution < 1.29 is 0 Å². The number of piperidine rings is 1. The molecule has 0 bridgehead atoms. The van der Waals surface area contributed by atoms with E-state index in [1.807, 2.05) is 17.6 Å². The summed E-state index contributed by atoms with van der Waals surface area (Å²) in [4.78, 5) is 6.78. The normalized spacial score (nSPS) is 16.2. The summed E-state index contributed by atoms with van der Waals surface area (Å²) in [6.45, 7) is 6.24. The number of rotatable bonds is 2. The molecule has 0 aliphatic carbocycles. The highest BCUT2D eigenvalue weighted by Gasteiger charge is 2.18. The van der Waals surface area contributed by atoms with Crippen molar-refractivity contribution in [2.75, 3.05) is 13.1 Å². The molecule has 1 fully saturated rings. The van der Waals surface area contributed by atoms with Gasteiger partial charge in [-0.25, -0.2) is 9.50 Å². The van der Waals surface area contributed by atoms with Gasteiger partial charge in [-0.1, -0.05) is 0 Å². The fourth-order valence-electron chi connectivity index (χ4n) is 3.59. The van der Waals surface area contributed by atoms with E-state index < -0.39 is 0 Å². The van der Waals surface area contributed by atoms with E-state index in [2.05, 4.69) is 40.2 Å². The maximum atomic E-state index is 4.83. The van der Waals surface area contributed by atoms with E-state index in [0.717, 1.165) is 58.2 Å². The van der Waals surface area contributed by atoms with Gasteiger partial charge in [0.2, 0.25) is 0 Å². The van der Waals surface area contributed by atoms with Gasteiger partial charge in [-0.05, 0) is 57.5 Å². The van der Waals surface area contributed by atoms with Crippen LogP contribution in [0.3, 0.4) is 0 Å². The van der Waals surface area contributed by atoms with Crippen LogP contribution in [0, 0.1) is 13.8 Å². The number of aryl methyl sites for hydroxylation is 2. The molecule has 7 heteroatoms. The zero-order valence-electron chi connectivity index (χ0n) is 14.4. The third-order valence-corrected chi connectivity index (χ3v) is 5.94. The Morgan fingerprint density at radius 3 is 2.76 bits per heavy atom. The molecule has 5 rings (SSSR count). The summed E-state index contributed by atoms with van der Waals surface area (Å²) in [5.41, 5.74) is 4.05.